The van der Waals surface area contributed by atoms with Gasteiger partial charge in [-0.2, -0.15) is 5.26 Å². The summed E-state index contributed by atoms with van der Waals surface area (Å²) in [4.78, 5) is 11.9. The van der Waals surface area contributed by atoms with Crippen LogP contribution in [0.15, 0.2) is 53.4 Å². The number of nitriles is 1. The second-order valence-corrected chi connectivity index (χ2v) is 7.19. The molecule has 0 saturated heterocycles. The lowest BCUT2D eigenvalue weighted by atomic mass is 10.2. The molecule has 1 amide bonds. The largest absolute Gasteiger partial charge is 0.325 e. The summed E-state index contributed by atoms with van der Waals surface area (Å²) in [5.74, 6) is -1.09. The summed E-state index contributed by atoms with van der Waals surface area (Å²) >= 11 is 0. The van der Waals surface area contributed by atoms with Gasteiger partial charge in [0, 0.05) is 6.42 Å². The van der Waals surface area contributed by atoms with Gasteiger partial charge in [-0.3, -0.25) is 4.79 Å². The number of anilines is 1. The Kier molecular flexibility index (Phi) is 5.66. The van der Waals surface area contributed by atoms with E-state index in [4.69, 9.17) is 5.26 Å². The van der Waals surface area contributed by atoms with Crippen molar-refractivity contribution in [1.82, 2.24) is 0 Å². The zero-order chi connectivity index (χ0) is 17.6. The minimum Gasteiger partial charge on any atom is -0.325 e. The van der Waals surface area contributed by atoms with E-state index in [1.165, 1.54) is 12.1 Å². The van der Waals surface area contributed by atoms with Gasteiger partial charge in [0.15, 0.2) is 9.84 Å². The minimum atomic E-state index is -3.56. The highest BCUT2D eigenvalue weighted by Crippen LogP contribution is 2.16. The average Bonchev–Trinajstić information content (AvgIpc) is 2.55. The Bertz CT molecular complexity index is 871. The Morgan fingerprint density at radius 3 is 2.46 bits per heavy atom. The lowest BCUT2D eigenvalue weighted by Gasteiger charge is -2.07. The molecule has 0 bridgehead atoms. The van der Waals surface area contributed by atoms with Crippen LogP contribution in [-0.4, -0.2) is 20.1 Å². The van der Waals surface area contributed by atoms with Crippen LogP contribution in [0.25, 0.3) is 0 Å². The van der Waals surface area contributed by atoms with E-state index in [-0.39, 0.29) is 29.4 Å². The number of nitrogens with zero attached hydrogens (tertiary/aromatic N) is 1. The average molecular weight is 346 g/mol. The molecule has 0 fully saturated rings. The van der Waals surface area contributed by atoms with Crippen molar-refractivity contribution in [2.24, 2.45) is 0 Å². The maximum Gasteiger partial charge on any atom is 0.224 e. The number of hydrogen-bond acceptors (Lipinski definition) is 4. The number of benzene rings is 2. The first-order chi connectivity index (χ1) is 11.4. The third-order valence-corrected chi connectivity index (χ3v) is 5.13. The zero-order valence-corrected chi connectivity index (χ0v) is 13.5. The van der Waals surface area contributed by atoms with E-state index in [0.29, 0.717) is 11.3 Å². The highest BCUT2D eigenvalue weighted by Gasteiger charge is 2.15. The van der Waals surface area contributed by atoms with Gasteiger partial charge >= 0.3 is 0 Å². The maximum atomic E-state index is 12.8. The van der Waals surface area contributed by atoms with E-state index in [1.54, 1.807) is 24.3 Å². The van der Waals surface area contributed by atoms with E-state index in [9.17, 15) is 17.6 Å². The summed E-state index contributed by atoms with van der Waals surface area (Å²) in [6.07, 6.45) is 0.125. The number of rotatable bonds is 6. The molecule has 7 heteroatoms. The topological polar surface area (TPSA) is 87.0 Å². The fourth-order valence-electron chi connectivity index (χ4n) is 2.08. The van der Waals surface area contributed by atoms with Crippen LogP contribution in [0.1, 0.15) is 18.4 Å². The van der Waals surface area contributed by atoms with Crippen LogP contribution < -0.4 is 5.32 Å². The number of hydrogen-bond donors (Lipinski definition) is 1. The first-order valence-corrected chi connectivity index (χ1v) is 8.85. The molecule has 0 heterocycles. The lowest BCUT2D eigenvalue weighted by Crippen LogP contribution is -2.15. The maximum absolute atomic E-state index is 12.8. The smallest absolute Gasteiger partial charge is 0.224 e. The molecular weight excluding hydrogens is 331 g/mol. The molecule has 0 atom stereocenters. The lowest BCUT2D eigenvalue weighted by molar-refractivity contribution is -0.116. The molecule has 0 radical (unpaired) electrons. The van der Waals surface area contributed by atoms with Gasteiger partial charge < -0.3 is 5.32 Å². The standard InChI is InChI=1S/C17H15FN2O3S/c18-14-7-9-15(10-8-14)24(22,23)11-3-6-17(21)20-16-5-2-1-4-13(16)12-19/h1-2,4-5,7-10H,3,6,11H2,(H,20,21). The molecule has 0 aliphatic rings. The molecule has 5 nitrogen and oxygen atoms in total. The minimum absolute atomic E-state index is 0.000186. The van der Waals surface area contributed by atoms with Crippen LogP contribution in [0.5, 0.6) is 0 Å². The molecule has 0 aliphatic carbocycles. The van der Waals surface area contributed by atoms with Crippen molar-refractivity contribution in [3.63, 3.8) is 0 Å². The molecule has 0 saturated carbocycles. The second kappa shape index (κ2) is 7.70. The summed E-state index contributed by atoms with van der Waals surface area (Å²) in [5, 5.41) is 11.5. The quantitative estimate of drug-likeness (QED) is 0.815. The van der Waals surface area contributed by atoms with Crippen molar-refractivity contribution in [3.8, 4) is 6.07 Å². The van der Waals surface area contributed by atoms with Gasteiger partial charge in [-0.05, 0) is 42.8 Å². The number of carbonyl (C=O) groups is 1. The van der Waals surface area contributed by atoms with Crippen molar-refractivity contribution in [2.45, 2.75) is 17.7 Å². The van der Waals surface area contributed by atoms with Crippen LogP contribution in [0.2, 0.25) is 0 Å². The van der Waals surface area contributed by atoms with Crippen molar-refractivity contribution in [3.05, 3.63) is 59.9 Å². The van der Waals surface area contributed by atoms with Crippen LogP contribution in [0.3, 0.4) is 0 Å². The fourth-order valence-corrected chi connectivity index (χ4v) is 3.40. The monoisotopic (exact) mass is 346 g/mol. The van der Waals surface area contributed by atoms with Gasteiger partial charge in [-0.15, -0.1) is 0 Å². The van der Waals surface area contributed by atoms with E-state index in [1.807, 2.05) is 6.07 Å². The number of carbonyl (C=O) groups excluding carboxylic acids is 1. The van der Waals surface area contributed by atoms with Crippen LogP contribution in [-0.2, 0) is 14.6 Å². The SMILES string of the molecule is N#Cc1ccccc1NC(=O)CCCS(=O)(=O)c1ccc(F)cc1. The first-order valence-electron chi connectivity index (χ1n) is 7.20. The van der Waals surface area contributed by atoms with Gasteiger partial charge in [0.25, 0.3) is 0 Å². The van der Waals surface area contributed by atoms with E-state index in [0.717, 1.165) is 12.1 Å². The van der Waals surface area contributed by atoms with Gasteiger partial charge in [-0.1, -0.05) is 12.1 Å². The van der Waals surface area contributed by atoms with Gasteiger partial charge in [-0.25, -0.2) is 12.8 Å². The number of para-hydroxylation sites is 1. The Morgan fingerprint density at radius 1 is 1.12 bits per heavy atom. The van der Waals surface area contributed by atoms with Crippen LogP contribution >= 0.6 is 0 Å². The molecule has 0 spiro atoms. The molecule has 0 aromatic heterocycles. The number of nitrogens with one attached hydrogen (secondary N) is 1. The predicted molar refractivity (Wildman–Crippen MR) is 87.5 cm³/mol. The van der Waals surface area contributed by atoms with Crippen molar-refractivity contribution < 1.29 is 17.6 Å². The Labute approximate surface area is 139 Å². The van der Waals surface area contributed by atoms with Crippen molar-refractivity contribution in [2.75, 3.05) is 11.1 Å². The molecular formula is C17H15FN2O3S. The van der Waals surface area contributed by atoms with E-state index < -0.39 is 15.7 Å². The summed E-state index contributed by atoms with van der Waals surface area (Å²) in [7, 11) is -3.56. The van der Waals surface area contributed by atoms with Crippen LogP contribution in [0.4, 0.5) is 10.1 Å². The Morgan fingerprint density at radius 2 is 1.79 bits per heavy atom. The Hall–Kier alpha value is -2.72. The highest BCUT2D eigenvalue weighted by molar-refractivity contribution is 7.91. The van der Waals surface area contributed by atoms with E-state index in [2.05, 4.69) is 5.32 Å². The molecule has 0 aliphatic heterocycles. The van der Waals surface area contributed by atoms with Crippen LogP contribution in [0, 0.1) is 17.1 Å². The summed E-state index contributed by atoms with van der Waals surface area (Å²) in [6.45, 7) is 0. The molecule has 0 unspecified atom stereocenters. The number of halogens is 1. The van der Waals surface area contributed by atoms with Crippen molar-refractivity contribution in [1.29, 1.82) is 5.26 Å². The normalized spacial score (nSPS) is 10.8. The second-order valence-electron chi connectivity index (χ2n) is 5.08. The predicted octanol–water partition coefficient (Wildman–Crippen LogP) is 2.89. The van der Waals surface area contributed by atoms with E-state index >= 15 is 0 Å². The van der Waals surface area contributed by atoms with Gasteiger partial charge in [0.2, 0.25) is 5.91 Å². The molecule has 2 aromatic rings. The van der Waals surface area contributed by atoms with Gasteiger partial charge in [0.05, 0.1) is 21.9 Å². The molecule has 1 N–H and O–H groups in total. The highest BCUT2D eigenvalue weighted by atomic mass is 32.2. The third-order valence-electron chi connectivity index (χ3n) is 3.31. The molecule has 2 aromatic carbocycles. The number of amides is 1. The third kappa shape index (κ3) is 4.64. The summed E-state index contributed by atoms with van der Waals surface area (Å²) in [5.41, 5.74) is 0.733. The molecule has 124 valence electrons. The van der Waals surface area contributed by atoms with Gasteiger partial charge in [0.1, 0.15) is 11.9 Å². The molecule has 2 rings (SSSR count). The molecule has 24 heavy (non-hydrogen) atoms. The fraction of sp³-hybridized carbons (Fsp3) is 0.176. The zero-order valence-electron chi connectivity index (χ0n) is 12.7. The van der Waals surface area contributed by atoms with Crippen molar-refractivity contribution >= 4 is 21.4 Å². The summed E-state index contributed by atoms with van der Waals surface area (Å²) in [6, 6.07) is 13.1. The number of sulfone groups is 1. The first kappa shape index (κ1) is 17.6. The Balaban J connectivity index is 1.90. The summed E-state index contributed by atoms with van der Waals surface area (Å²) < 4.78 is 37.0.